The number of ketones is 1. The summed E-state index contributed by atoms with van der Waals surface area (Å²) in [5, 5.41) is 0. The number of unbranched alkanes of at least 4 members (excludes halogenated alkanes) is 3. The molecular formula is C24H32O2. The molecule has 2 nitrogen and oxygen atoms in total. The van der Waals surface area contributed by atoms with Crippen LogP contribution in [0.3, 0.4) is 0 Å². The summed E-state index contributed by atoms with van der Waals surface area (Å²) in [6.07, 6.45) is 6.97. The molecular weight excluding hydrogens is 320 g/mol. The first-order chi connectivity index (χ1) is 12.7. The lowest BCUT2D eigenvalue weighted by Gasteiger charge is -2.13. The summed E-state index contributed by atoms with van der Waals surface area (Å²) in [4.78, 5) is 12.8. The number of Topliss-reactive ketones (excluding diaryl/α,β-unsaturated/α-hetero) is 1. The van der Waals surface area contributed by atoms with Gasteiger partial charge in [-0.15, -0.1) is 0 Å². The second-order valence-electron chi connectivity index (χ2n) is 7.01. The van der Waals surface area contributed by atoms with Gasteiger partial charge in [0.15, 0.2) is 5.78 Å². The highest BCUT2D eigenvalue weighted by Crippen LogP contribution is 2.23. The van der Waals surface area contributed by atoms with Crippen molar-refractivity contribution in [1.29, 1.82) is 0 Å². The molecule has 26 heavy (non-hydrogen) atoms. The highest BCUT2D eigenvalue weighted by molar-refractivity contribution is 6.00. The molecule has 0 amide bonds. The Morgan fingerprint density at radius 1 is 0.885 bits per heavy atom. The molecule has 2 aromatic rings. The van der Waals surface area contributed by atoms with E-state index in [2.05, 4.69) is 38.1 Å². The van der Waals surface area contributed by atoms with Crippen molar-refractivity contribution in [2.24, 2.45) is 0 Å². The average Bonchev–Trinajstić information content (AvgIpc) is 2.69. The van der Waals surface area contributed by atoms with Gasteiger partial charge < -0.3 is 4.74 Å². The standard InChI is InChI=1S/C24H32O2/c1-4-6-8-18-26-23-16-14-22(15-17-23)24(25)19(3)21-12-10-20(11-13-21)9-7-5-2/h10-17,19H,4-9,18H2,1-3H3/t19-/m0/s1. The quantitative estimate of drug-likeness (QED) is 0.337. The number of hydrogen-bond acceptors (Lipinski definition) is 2. The lowest BCUT2D eigenvalue weighted by atomic mass is 9.91. The number of carbonyl (C=O) groups excluding carboxylic acids is 1. The van der Waals surface area contributed by atoms with Crippen molar-refractivity contribution in [2.45, 2.75) is 65.2 Å². The van der Waals surface area contributed by atoms with Gasteiger partial charge in [-0.1, -0.05) is 64.3 Å². The van der Waals surface area contributed by atoms with Gasteiger partial charge in [-0.2, -0.15) is 0 Å². The van der Waals surface area contributed by atoms with Gasteiger partial charge >= 0.3 is 0 Å². The molecule has 0 heterocycles. The third-order valence-electron chi connectivity index (χ3n) is 4.85. The third kappa shape index (κ3) is 6.01. The van der Waals surface area contributed by atoms with Crippen LogP contribution in [0.1, 0.15) is 80.3 Å². The summed E-state index contributed by atoms with van der Waals surface area (Å²) in [5.74, 6) is 0.862. The Bertz CT molecular complexity index is 656. The maximum Gasteiger partial charge on any atom is 0.170 e. The highest BCUT2D eigenvalue weighted by atomic mass is 16.5. The molecule has 0 radical (unpaired) electrons. The van der Waals surface area contributed by atoms with Crippen molar-refractivity contribution in [3.63, 3.8) is 0 Å². The second-order valence-corrected chi connectivity index (χ2v) is 7.01. The molecule has 2 rings (SSSR count). The van der Waals surface area contributed by atoms with Gasteiger partial charge in [0, 0.05) is 11.5 Å². The zero-order valence-corrected chi connectivity index (χ0v) is 16.5. The lowest BCUT2D eigenvalue weighted by molar-refractivity contribution is 0.0966. The predicted octanol–water partition coefficient (Wildman–Crippen LogP) is 6.58. The van der Waals surface area contributed by atoms with Crippen molar-refractivity contribution < 1.29 is 9.53 Å². The second kappa shape index (κ2) is 10.8. The Hall–Kier alpha value is -2.09. The normalized spacial score (nSPS) is 12.0. The predicted molar refractivity (Wildman–Crippen MR) is 109 cm³/mol. The van der Waals surface area contributed by atoms with Gasteiger partial charge in [0.2, 0.25) is 0 Å². The Balaban J connectivity index is 1.94. The monoisotopic (exact) mass is 352 g/mol. The summed E-state index contributed by atoms with van der Waals surface area (Å²) < 4.78 is 5.72. The molecule has 0 aliphatic heterocycles. The molecule has 2 heteroatoms. The molecule has 140 valence electrons. The van der Waals surface area contributed by atoms with Crippen LogP contribution in [0.25, 0.3) is 0 Å². The first-order valence-electron chi connectivity index (χ1n) is 10.0. The third-order valence-corrected chi connectivity index (χ3v) is 4.85. The Kier molecular flexibility index (Phi) is 8.40. The Morgan fingerprint density at radius 3 is 2.15 bits per heavy atom. The van der Waals surface area contributed by atoms with Gasteiger partial charge in [-0.3, -0.25) is 4.79 Å². The number of hydrogen-bond donors (Lipinski definition) is 0. The smallest absolute Gasteiger partial charge is 0.170 e. The number of ether oxygens (including phenoxy) is 1. The van der Waals surface area contributed by atoms with E-state index < -0.39 is 0 Å². The van der Waals surface area contributed by atoms with E-state index in [0.29, 0.717) is 0 Å². The first kappa shape index (κ1) is 20.2. The van der Waals surface area contributed by atoms with Crippen molar-refractivity contribution in [3.05, 3.63) is 65.2 Å². The minimum absolute atomic E-state index is 0.133. The molecule has 1 atom stereocenters. The van der Waals surface area contributed by atoms with Crippen LogP contribution in [0, 0.1) is 0 Å². The molecule has 0 saturated carbocycles. The van der Waals surface area contributed by atoms with E-state index in [1.54, 1.807) is 0 Å². The van der Waals surface area contributed by atoms with Crippen molar-refractivity contribution in [2.75, 3.05) is 6.61 Å². The van der Waals surface area contributed by atoms with Crippen molar-refractivity contribution in [1.82, 2.24) is 0 Å². The summed E-state index contributed by atoms with van der Waals surface area (Å²) in [6, 6.07) is 16.1. The summed E-state index contributed by atoms with van der Waals surface area (Å²) in [5.41, 5.74) is 3.17. The van der Waals surface area contributed by atoms with Crippen LogP contribution in [-0.2, 0) is 6.42 Å². The summed E-state index contributed by atoms with van der Waals surface area (Å²) >= 11 is 0. The molecule has 0 bridgehead atoms. The van der Waals surface area contributed by atoms with Crippen LogP contribution >= 0.6 is 0 Å². The molecule has 0 aliphatic rings. The number of rotatable bonds is 11. The average molecular weight is 353 g/mol. The zero-order chi connectivity index (χ0) is 18.8. The van der Waals surface area contributed by atoms with Crippen LogP contribution < -0.4 is 4.74 Å². The van der Waals surface area contributed by atoms with E-state index in [4.69, 9.17) is 4.74 Å². The fraction of sp³-hybridized carbons (Fsp3) is 0.458. The fourth-order valence-corrected chi connectivity index (χ4v) is 3.01. The van der Waals surface area contributed by atoms with E-state index in [-0.39, 0.29) is 11.7 Å². The minimum atomic E-state index is -0.133. The molecule has 0 spiro atoms. The van der Waals surface area contributed by atoms with E-state index in [1.165, 1.54) is 31.2 Å². The molecule has 0 N–H and O–H groups in total. The molecule has 0 saturated heterocycles. The largest absolute Gasteiger partial charge is 0.494 e. The minimum Gasteiger partial charge on any atom is -0.494 e. The number of carbonyl (C=O) groups is 1. The van der Waals surface area contributed by atoms with E-state index >= 15 is 0 Å². The Labute approximate surface area is 158 Å². The van der Waals surface area contributed by atoms with Gasteiger partial charge in [0.05, 0.1) is 6.61 Å². The maximum absolute atomic E-state index is 12.8. The highest BCUT2D eigenvalue weighted by Gasteiger charge is 2.17. The van der Waals surface area contributed by atoms with E-state index in [9.17, 15) is 4.79 Å². The SMILES string of the molecule is CCCCCOc1ccc(C(=O)[C@@H](C)c2ccc(CCCC)cc2)cc1. The first-order valence-corrected chi connectivity index (χ1v) is 10.0. The fourth-order valence-electron chi connectivity index (χ4n) is 3.01. The van der Waals surface area contributed by atoms with Crippen LogP contribution in [0.5, 0.6) is 5.75 Å². The summed E-state index contributed by atoms with van der Waals surface area (Å²) in [7, 11) is 0. The van der Waals surface area contributed by atoms with E-state index in [1.807, 2.05) is 31.2 Å². The van der Waals surface area contributed by atoms with Crippen molar-refractivity contribution in [3.8, 4) is 5.75 Å². The van der Waals surface area contributed by atoms with Crippen molar-refractivity contribution >= 4 is 5.78 Å². The molecule has 0 aromatic heterocycles. The lowest BCUT2D eigenvalue weighted by Crippen LogP contribution is -2.09. The van der Waals surface area contributed by atoms with Crippen LogP contribution in [-0.4, -0.2) is 12.4 Å². The topological polar surface area (TPSA) is 26.3 Å². The Morgan fingerprint density at radius 2 is 1.54 bits per heavy atom. The molecule has 0 unspecified atom stereocenters. The number of benzene rings is 2. The summed E-state index contributed by atoms with van der Waals surface area (Å²) in [6.45, 7) is 7.11. The van der Waals surface area contributed by atoms with Gasteiger partial charge in [-0.05, 0) is 54.7 Å². The van der Waals surface area contributed by atoms with Gasteiger partial charge in [-0.25, -0.2) is 0 Å². The van der Waals surface area contributed by atoms with Crippen LogP contribution in [0.2, 0.25) is 0 Å². The zero-order valence-electron chi connectivity index (χ0n) is 16.5. The molecule has 0 fully saturated rings. The maximum atomic E-state index is 12.8. The molecule has 2 aromatic carbocycles. The van der Waals surface area contributed by atoms with Gasteiger partial charge in [0.1, 0.15) is 5.75 Å². The van der Waals surface area contributed by atoms with Crippen LogP contribution in [0.4, 0.5) is 0 Å². The van der Waals surface area contributed by atoms with Gasteiger partial charge in [0.25, 0.3) is 0 Å². The van der Waals surface area contributed by atoms with E-state index in [0.717, 1.165) is 36.3 Å². The molecule has 0 aliphatic carbocycles. The number of aryl methyl sites for hydroxylation is 1. The van der Waals surface area contributed by atoms with Crippen LogP contribution in [0.15, 0.2) is 48.5 Å².